The van der Waals surface area contributed by atoms with Gasteiger partial charge in [-0.2, -0.15) is 0 Å². The van der Waals surface area contributed by atoms with Crippen LogP contribution in [0.3, 0.4) is 0 Å². The molecule has 2 fully saturated rings. The van der Waals surface area contributed by atoms with Crippen LogP contribution >= 0.6 is 0 Å². The number of nitrogens with zero attached hydrogens (tertiary/aromatic N) is 2. The van der Waals surface area contributed by atoms with Crippen LogP contribution in [-0.4, -0.2) is 58.9 Å². The molecule has 134 valence electrons. The van der Waals surface area contributed by atoms with Gasteiger partial charge in [0.2, 0.25) is 0 Å². The van der Waals surface area contributed by atoms with Crippen molar-refractivity contribution in [1.29, 1.82) is 0 Å². The summed E-state index contributed by atoms with van der Waals surface area (Å²) >= 11 is 0. The van der Waals surface area contributed by atoms with Gasteiger partial charge in [-0.15, -0.1) is 0 Å². The first-order valence-corrected chi connectivity index (χ1v) is 8.54. The molecule has 25 heavy (non-hydrogen) atoms. The first-order valence-electron chi connectivity index (χ1n) is 8.54. The fourth-order valence-electron chi connectivity index (χ4n) is 3.34. The Balaban J connectivity index is 1.56. The number of rotatable bonds is 4. The molecule has 2 saturated heterocycles. The van der Waals surface area contributed by atoms with Crippen LogP contribution in [0.15, 0.2) is 30.3 Å². The van der Waals surface area contributed by atoms with E-state index in [4.69, 9.17) is 4.74 Å². The summed E-state index contributed by atoms with van der Waals surface area (Å²) in [6, 6.07) is 8.65. The van der Waals surface area contributed by atoms with E-state index in [1.807, 2.05) is 32.0 Å². The van der Waals surface area contributed by atoms with E-state index in [-0.39, 0.29) is 30.5 Å². The standard InChI is InChI=1S/C18H23N3O4/c1-13(2)21-16(23)18(19-17(21)24)8-10-20(11-9-18)15(22)12-25-14-6-4-3-5-7-14/h3-7,13H,8-12H2,1-2H3,(H,19,24). The second-order valence-corrected chi connectivity index (χ2v) is 6.76. The second-order valence-electron chi connectivity index (χ2n) is 6.76. The lowest BCUT2D eigenvalue weighted by Crippen LogP contribution is -2.56. The molecule has 7 heteroatoms. The van der Waals surface area contributed by atoms with E-state index < -0.39 is 5.54 Å². The van der Waals surface area contributed by atoms with Gasteiger partial charge < -0.3 is 15.0 Å². The number of hydrogen-bond donors (Lipinski definition) is 1. The molecule has 0 unspecified atom stereocenters. The van der Waals surface area contributed by atoms with Crippen molar-refractivity contribution in [2.75, 3.05) is 19.7 Å². The summed E-state index contributed by atoms with van der Waals surface area (Å²) in [7, 11) is 0. The number of amides is 4. The molecule has 1 spiro atoms. The lowest BCUT2D eigenvalue weighted by Gasteiger charge is -2.37. The lowest BCUT2D eigenvalue weighted by atomic mass is 9.87. The van der Waals surface area contributed by atoms with Crippen LogP contribution in [0.25, 0.3) is 0 Å². The first kappa shape index (κ1) is 17.3. The van der Waals surface area contributed by atoms with Crippen molar-refractivity contribution < 1.29 is 19.1 Å². The molecule has 2 heterocycles. The zero-order valence-electron chi connectivity index (χ0n) is 14.5. The van der Waals surface area contributed by atoms with Gasteiger partial charge in [0.05, 0.1) is 0 Å². The number of piperidine rings is 1. The number of likely N-dealkylation sites (tertiary alicyclic amines) is 1. The number of imide groups is 1. The Bertz CT molecular complexity index is 666. The number of carbonyl (C=O) groups excluding carboxylic acids is 3. The van der Waals surface area contributed by atoms with E-state index in [0.29, 0.717) is 31.7 Å². The highest BCUT2D eigenvalue weighted by Gasteiger charge is 2.53. The predicted molar refractivity (Wildman–Crippen MR) is 91.0 cm³/mol. The van der Waals surface area contributed by atoms with Crippen LogP contribution in [-0.2, 0) is 9.59 Å². The zero-order valence-corrected chi connectivity index (χ0v) is 14.5. The monoisotopic (exact) mass is 345 g/mol. The Morgan fingerprint density at radius 1 is 1.20 bits per heavy atom. The maximum Gasteiger partial charge on any atom is 0.325 e. The van der Waals surface area contributed by atoms with Gasteiger partial charge in [0.1, 0.15) is 11.3 Å². The molecule has 1 N–H and O–H groups in total. The summed E-state index contributed by atoms with van der Waals surface area (Å²) in [5, 5.41) is 2.84. The third-order valence-electron chi connectivity index (χ3n) is 4.78. The van der Waals surface area contributed by atoms with E-state index in [1.54, 1.807) is 17.0 Å². The normalized spacial score (nSPS) is 19.5. The molecular weight excluding hydrogens is 322 g/mol. The summed E-state index contributed by atoms with van der Waals surface area (Å²) in [5.74, 6) is 0.353. The van der Waals surface area contributed by atoms with E-state index in [1.165, 1.54) is 4.90 Å². The Kier molecular flexibility index (Phi) is 4.65. The third-order valence-corrected chi connectivity index (χ3v) is 4.78. The third kappa shape index (κ3) is 3.31. The Hall–Kier alpha value is -2.57. The highest BCUT2D eigenvalue weighted by Crippen LogP contribution is 2.30. The molecule has 2 aliphatic rings. The Morgan fingerprint density at radius 3 is 2.40 bits per heavy atom. The molecule has 0 aliphatic carbocycles. The number of hydrogen-bond acceptors (Lipinski definition) is 4. The van der Waals surface area contributed by atoms with E-state index in [2.05, 4.69) is 5.32 Å². The van der Waals surface area contributed by atoms with Crippen molar-refractivity contribution in [3.63, 3.8) is 0 Å². The molecule has 0 atom stereocenters. The highest BCUT2D eigenvalue weighted by atomic mass is 16.5. The summed E-state index contributed by atoms with van der Waals surface area (Å²) in [6.07, 6.45) is 0.857. The van der Waals surface area contributed by atoms with Crippen LogP contribution in [0, 0.1) is 0 Å². The summed E-state index contributed by atoms with van der Waals surface area (Å²) in [4.78, 5) is 40.0. The smallest absolute Gasteiger partial charge is 0.325 e. The quantitative estimate of drug-likeness (QED) is 0.837. The minimum Gasteiger partial charge on any atom is -0.484 e. The molecule has 7 nitrogen and oxygen atoms in total. The number of nitrogens with one attached hydrogen (secondary N) is 1. The van der Waals surface area contributed by atoms with Gasteiger partial charge >= 0.3 is 6.03 Å². The molecule has 0 radical (unpaired) electrons. The average Bonchev–Trinajstić information content (AvgIpc) is 2.84. The van der Waals surface area contributed by atoms with Gasteiger partial charge in [0.15, 0.2) is 6.61 Å². The van der Waals surface area contributed by atoms with Crippen molar-refractivity contribution >= 4 is 17.8 Å². The number of carbonyl (C=O) groups is 3. The van der Waals surface area contributed by atoms with Gasteiger partial charge in [-0.05, 0) is 38.8 Å². The minimum atomic E-state index is -0.863. The van der Waals surface area contributed by atoms with Gasteiger partial charge in [0.25, 0.3) is 11.8 Å². The fraction of sp³-hybridized carbons (Fsp3) is 0.500. The van der Waals surface area contributed by atoms with Crippen LogP contribution < -0.4 is 10.1 Å². The van der Waals surface area contributed by atoms with Crippen molar-refractivity contribution in [3.05, 3.63) is 30.3 Å². The minimum absolute atomic E-state index is 0.0323. The maximum atomic E-state index is 12.6. The molecule has 0 saturated carbocycles. The van der Waals surface area contributed by atoms with Crippen LogP contribution in [0.2, 0.25) is 0 Å². The van der Waals surface area contributed by atoms with Crippen molar-refractivity contribution in [1.82, 2.24) is 15.1 Å². The topological polar surface area (TPSA) is 79.0 Å². The highest BCUT2D eigenvalue weighted by molar-refractivity contribution is 6.07. The molecule has 2 aliphatic heterocycles. The lowest BCUT2D eigenvalue weighted by molar-refractivity contribution is -0.140. The number of ether oxygens (including phenoxy) is 1. The molecular formula is C18H23N3O4. The molecule has 4 amide bonds. The van der Waals surface area contributed by atoms with Crippen LogP contribution in [0.1, 0.15) is 26.7 Å². The maximum absolute atomic E-state index is 12.6. The molecule has 0 aromatic heterocycles. The van der Waals surface area contributed by atoms with Gasteiger partial charge in [-0.25, -0.2) is 4.79 Å². The van der Waals surface area contributed by atoms with Crippen LogP contribution in [0.5, 0.6) is 5.75 Å². The molecule has 0 bridgehead atoms. The van der Waals surface area contributed by atoms with Gasteiger partial charge in [-0.3, -0.25) is 14.5 Å². The number of urea groups is 1. The van der Waals surface area contributed by atoms with E-state index in [0.717, 1.165) is 0 Å². The predicted octanol–water partition coefficient (Wildman–Crippen LogP) is 1.39. The fourth-order valence-corrected chi connectivity index (χ4v) is 3.34. The average molecular weight is 345 g/mol. The largest absolute Gasteiger partial charge is 0.484 e. The Morgan fingerprint density at radius 2 is 1.84 bits per heavy atom. The van der Waals surface area contributed by atoms with Crippen LogP contribution in [0.4, 0.5) is 4.79 Å². The van der Waals surface area contributed by atoms with Crippen molar-refractivity contribution in [3.8, 4) is 5.75 Å². The van der Waals surface area contributed by atoms with E-state index in [9.17, 15) is 14.4 Å². The van der Waals surface area contributed by atoms with Gasteiger partial charge in [0, 0.05) is 19.1 Å². The second kappa shape index (κ2) is 6.74. The summed E-state index contributed by atoms with van der Waals surface area (Å²) in [5.41, 5.74) is -0.863. The van der Waals surface area contributed by atoms with E-state index >= 15 is 0 Å². The Labute approximate surface area is 146 Å². The van der Waals surface area contributed by atoms with Gasteiger partial charge in [-0.1, -0.05) is 18.2 Å². The van der Waals surface area contributed by atoms with Crippen molar-refractivity contribution in [2.45, 2.75) is 38.3 Å². The summed E-state index contributed by atoms with van der Waals surface area (Å²) < 4.78 is 5.49. The number of benzene rings is 1. The SMILES string of the molecule is CC(C)N1C(=O)NC2(CCN(C(=O)COc3ccccc3)CC2)C1=O. The number of para-hydroxylation sites is 1. The first-order chi connectivity index (χ1) is 11.9. The molecule has 1 aromatic rings. The summed E-state index contributed by atoms with van der Waals surface area (Å²) in [6.45, 7) is 4.45. The van der Waals surface area contributed by atoms with Crippen molar-refractivity contribution in [2.24, 2.45) is 0 Å². The molecule has 1 aromatic carbocycles. The zero-order chi connectivity index (χ0) is 18.0. The molecule has 3 rings (SSSR count).